The molecule has 162 valence electrons. The zero-order valence-electron chi connectivity index (χ0n) is 17.3. The van der Waals surface area contributed by atoms with E-state index >= 15 is 0 Å². The minimum Gasteiger partial charge on any atom is -0.325 e. The molecule has 4 aromatic rings. The molecular formula is C24H20ClFN4OS. The summed E-state index contributed by atoms with van der Waals surface area (Å²) in [5, 5.41) is 12.6. The van der Waals surface area contributed by atoms with E-state index in [1.807, 2.05) is 36.4 Å². The van der Waals surface area contributed by atoms with E-state index in [0.717, 1.165) is 17.7 Å². The number of benzene rings is 3. The van der Waals surface area contributed by atoms with Crippen LogP contribution in [-0.2, 0) is 11.2 Å². The maximum Gasteiger partial charge on any atom is 0.234 e. The molecule has 0 fully saturated rings. The number of carbonyl (C=O) groups excluding carboxylic acids is 1. The van der Waals surface area contributed by atoms with Gasteiger partial charge in [-0.3, -0.25) is 9.36 Å². The van der Waals surface area contributed by atoms with E-state index in [9.17, 15) is 9.18 Å². The summed E-state index contributed by atoms with van der Waals surface area (Å²) in [6.07, 6.45) is 0.944. The van der Waals surface area contributed by atoms with Gasteiger partial charge in [0.25, 0.3) is 0 Å². The van der Waals surface area contributed by atoms with Crippen LogP contribution in [0.15, 0.2) is 78.0 Å². The molecule has 0 aliphatic carbocycles. The average Bonchev–Trinajstić information content (AvgIpc) is 3.23. The monoisotopic (exact) mass is 466 g/mol. The van der Waals surface area contributed by atoms with Gasteiger partial charge >= 0.3 is 0 Å². The highest BCUT2D eigenvalue weighted by Crippen LogP contribution is 2.29. The maximum absolute atomic E-state index is 13.5. The lowest BCUT2D eigenvalue weighted by molar-refractivity contribution is -0.113. The Morgan fingerprint density at radius 1 is 1.00 bits per heavy atom. The third kappa shape index (κ3) is 5.18. The van der Waals surface area contributed by atoms with Crippen molar-refractivity contribution in [2.75, 3.05) is 11.1 Å². The normalized spacial score (nSPS) is 10.8. The molecule has 0 radical (unpaired) electrons. The molecule has 0 aliphatic rings. The van der Waals surface area contributed by atoms with Crippen molar-refractivity contribution in [1.82, 2.24) is 14.8 Å². The Labute approximate surface area is 194 Å². The average molecular weight is 467 g/mol. The highest BCUT2D eigenvalue weighted by molar-refractivity contribution is 7.99. The molecular weight excluding hydrogens is 447 g/mol. The lowest BCUT2D eigenvalue weighted by Gasteiger charge is -2.11. The van der Waals surface area contributed by atoms with Gasteiger partial charge in [0.05, 0.1) is 5.75 Å². The van der Waals surface area contributed by atoms with Gasteiger partial charge in [0.1, 0.15) is 5.82 Å². The Morgan fingerprint density at radius 3 is 2.34 bits per heavy atom. The van der Waals surface area contributed by atoms with Gasteiger partial charge in [-0.05, 0) is 72.6 Å². The molecule has 8 heteroatoms. The van der Waals surface area contributed by atoms with Crippen LogP contribution in [0.5, 0.6) is 0 Å². The molecule has 5 nitrogen and oxygen atoms in total. The number of hydrogen-bond acceptors (Lipinski definition) is 4. The van der Waals surface area contributed by atoms with Crippen molar-refractivity contribution in [2.45, 2.75) is 18.5 Å². The lowest BCUT2D eigenvalue weighted by atomic mass is 10.1. The van der Waals surface area contributed by atoms with Gasteiger partial charge in [-0.25, -0.2) is 4.39 Å². The number of thioether (sulfide) groups is 1. The zero-order valence-corrected chi connectivity index (χ0v) is 18.8. The minimum absolute atomic E-state index is 0.148. The molecule has 32 heavy (non-hydrogen) atoms. The topological polar surface area (TPSA) is 59.8 Å². The molecule has 1 N–H and O–H groups in total. The SMILES string of the molecule is CCc1ccc(NC(=O)CSc2nnc(-c3ccc(Cl)cc3)n2-c2ccc(F)cc2)cc1. The van der Waals surface area contributed by atoms with Crippen molar-refractivity contribution in [1.29, 1.82) is 0 Å². The number of carbonyl (C=O) groups is 1. The van der Waals surface area contributed by atoms with Crippen LogP contribution < -0.4 is 5.32 Å². The van der Waals surface area contributed by atoms with E-state index in [0.29, 0.717) is 21.7 Å². The van der Waals surface area contributed by atoms with Gasteiger partial charge in [-0.15, -0.1) is 10.2 Å². The van der Waals surface area contributed by atoms with Crippen LogP contribution in [0.3, 0.4) is 0 Å². The number of halogens is 2. The molecule has 0 atom stereocenters. The quantitative estimate of drug-likeness (QED) is 0.338. The molecule has 1 amide bonds. The maximum atomic E-state index is 13.5. The van der Waals surface area contributed by atoms with Crippen molar-refractivity contribution in [2.24, 2.45) is 0 Å². The van der Waals surface area contributed by atoms with Crippen molar-refractivity contribution < 1.29 is 9.18 Å². The van der Waals surface area contributed by atoms with E-state index in [-0.39, 0.29) is 17.5 Å². The largest absolute Gasteiger partial charge is 0.325 e. The van der Waals surface area contributed by atoms with Crippen LogP contribution in [0.25, 0.3) is 17.1 Å². The number of aromatic nitrogens is 3. The fourth-order valence-corrected chi connectivity index (χ4v) is 4.00. The second kappa shape index (κ2) is 9.97. The summed E-state index contributed by atoms with van der Waals surface area (Å²) in [5.74, 6) is 0.236. The number of aryl methyl sites for hydroxylation is 1. The van der Waals surface area contributed by atoms with E-state index < -0.39 is 0 Å². The van der Waals surface area contributed by atoms with Gasteiger partial charge in [-0.1, -0.05) is 42.4 Å². The summed E-state index contributed by atoms with van der Waals surface area (Å²) in [6, 6.07) is 21.0. The van der Waals surface area contributed by atoms with Crippen molar-refractivity contribution >= 4 is 35.0 Å². The van der Waals surface area contributed by atoms with Crippen molar-refractivity contribution in [3.63, 3.8) is 0 Å². The summed E-state index contributed by atoms with van der Waals surface area (Å²) in [4.78, 5) is 12.5. The van der Waals surface area contributed by atoms with E-state index in [1.54, 1.807) is 28.8 Å². The Bertz CT molecular complexity index is 1210. The summed E-state index contributed by atoms with van der Waals surface area (Å²) in [7, 11) is 0. The molecule has 0 aliphatic heterocycles. The van der Waals surface area contributed by atoms with Crippen LogP contribution in [0.1, 0.15) is 12.5 Å². The smallest absolute Gasteiger partial charge is 0.234 e. The van der Waals surface area contributed by atoms with Gasteiger partial charge in [0, 0.05) is 22.0 Å². The number of amides is 1. The lowest BCUT2D eigenvalue weighted by Crippen LogP contribution is -2.14. The molecule has 1 heterocycles. The first-order valence-corrected chi connectivity index (χ1v) is 11.4. The Hall–Kier alpha value is -3.16. The Balaban J connectivity index is 1.56. The first-order chi connectivity index (χ1) is 15.5. The number of rotatable bonds is 7. The fraction of sp³-hybridized carbons (Fsp3) is 0.125. The number of hydrogen-bond donors (Lipinski definition) is 1. The third-order valence-corrected chi connectivity index (χ3v) is 5.98. The number of nitrogens with one attached hydrogen (secondary N) is 1. The van der Waals surface area contributed by atoms with Crippen LogP contribution >= 0.6 is 23.4 Å². The molecule has 1 aromatic heterocycles. The first-order valence-electron chi connectivity index (χ1n) is 10.0. The highest BCUT2D eigenvalue weighted by Gasteiger charge is 2.17. The summed E-state index contributed by atoms with van der Waals surface area (Å²) in [5.41, 5.74) is 3.45. The molecule has 3 aromatic carbocycles. The fourth-order valence-electron chi connectivity index (χ4n) is 3.12. The standard InChI is InChI=1S/C24H20ClFN4OS/c1-2-16-3-11-20(12-4-16)27-22(31)15-32-24-29-28-23(17-5-7-18(25)8-6-17)30(24)21-13-9-19(26)10-14-21/h3-14H,2,15H2,1H3,(H,27,31). The Morgan fingerprint density at radius 2 is 1.69 bits per heavy atom. The molecule has 4 rings (SSSR count). The molecule has 0 saturated heterocycles. The summed E-state index contributed by atoms with van der Waals surface area (Å²) >= 11 is 7.27. The van der Waals surface area contributed by atoms with Crippen LogP contribution in [0, 0.1) is 5.82 Å². The minimum atomic E-state index is -0.336. The van der Waals surface area contributed by atoms with Crippen LogP contribution in [-0.4, -0.2) is 26.4 Å². The summed E-state index contributed by atoms with van der Waals surface area (Å²) < 4.78 is 15.3. The number of nitrogens with zero attached hydrogens (tertiary/aromatic N) is 3. The van der Waals surface area contributed by atoms with Crippen molar-refractivity contribution in [3.05, 3.63) is 89.2 Å². The predicted molar refractivity (Wildman–Crippen MR) is 127 cm³/mol. The molecule has 0 spiro atoms. The van der Waals surface area contributed by atoms with E-state index in [2.05, 4.69) is 22.4 Å². The van der Waals surface area contributed by atoms with E-state index in [4.69, 9.17) is 11.6 Å². The zero-order chi connectivity index (χ0) is 22.5. The number of anilines is 1. The van der Waals surface area contributed by atoms with Crippen LogP contribution in [0.4, 0.5) is 10.1 Å². The van der Waals surface area contributed by atoms with Gasteiger partial charge in [0.2, 0.25) is 5.91 Å². The van der Waals surface area contributed by atoms with Crippen molar-refractivity contribution in [3.8, 4) is 17.1 Å². The molecule has 0 bridgehead atoms. The third-order valence-electron chi connectivity index (χ3n) is 4.80. The van der Waals surface area contributed by atoms with Gasteiger partial charge < -0.3 is 5.32 Å². The first kappa shape index (κ1) is 22.0. The van der Waals surface area contributed by atoms with Gasteiger partial charge in [0.15, 0.2) is 11.0 Å². The summed E-state index contributed by atoms with van der Waals surface area (Å²) in [6.45, 7) is 2.08. The Kier molecular flexibility index (Phi) is 6.87. The second-order valence-corrected chi connectivity index (χ2v) is 8.39. The second-order valence-electron chi connectivity index (χ2n) is 7.01. The highest BCUT2D eigenvalue weighted by atomic mass is 35.5. The molecule has 0 unspecified atom stereocenters. The van der Waals surface area contributed by atoms with Gasteiger partial charge in [-0.2, -0.15) is 0 Å². The van der Waals surface area contributed by atoms with E-state index in [1.165, 1.54) is 29.5 Å². The molecule has 0 saturated carbocycles. The van der Waals surface area contributed by atoms with Crippen LogP contribution in [0.2, 0.25) is 5.02 Å². The predicted octanol–water partition coefficient (Wildman–Crippen LogP) is 6.02.